The van der Waals surface area contributed by atoms with E-state index in [1.165, 1.54) is 11.3 Å². The second kappa shape index (κ2) is 9.31. The maximum atomic E-state index is 12.5. The fourth-order valence-corrected chi connectivity index (χ4v) is 4.26. The lowest BCUT2D eigenvalue weighted by Gasteiger charge is -2.08. The first-order chi connectivity index (χ1) is 15.4. The summed E-state index contributed by atoms with van der Waals surface area (Å²) in [7, 11) is 1.64. The van der Waals surface area contributed by atoms with E-state index < -0.39 is 0 Å². The van der Waals surface area contributed by atoms with E-state index in [9.17, 15) is 4.79 Å². The largest absolute Gasteiger partial charge is 0.497 e. The number of carbonyl (C=O) groups excluding carboxylic acids is 1. The Kier molecular flexibility index (Phi) is 6.31. The normalized spacial score (nSPS) is 11.0. The summed E-state index contributed by atoms with van der Waals surface area (Å²) in [6.07, 6.45) is 1.01. The van der Waals surface area contributed by atoms with Crippen molar-refractivity contribution >= 4 is 39.2 Å². The molecule has 3 heterocycles. The van der Waals surface area contributed by atoms with E-state index in [2.05, 4.69) is 30.7 Å². The Morgan fingerprint density at radius 3 is 2.59 bits per heavy atom. The van der Waals surface area contributed by atoms with Gasteiger partial charge in [-0.1, -0.05) is 11.3 Å². The molecule has 0 unspecified atom stereocenters. The van der Waals surface area contributed by atoms with Crippen molar-refractivity contribution in [1.29, 1.82) is 0 Å². The summed E-state index contributed by atoms with van der Waals surface area (Å²) in [6, 6.07) is 9.49. The molecule has 0 aliphatic carbocycles. The zero-order chi connectivity index (χ0) is 22.7. The third-order valence-corrected chi connectivity index (χ3v) is 5.70. The highest BCUT2D eigenvalue weighted by atomic mass is 32.1. The number of nitrogens with one attached hydrogen (secondary N) is 2. The van der Waals surface area contributed by atoms with Crippen LogP contribution in [0.15, 0.2) is 30.3 Å². The smallest absolute Gasteiger partial charge is 0.225 e. The summed E-state index contributed by atoms with van der Waals surface area (Å²) in [5.41, 5.74) is 3.48. The van der Waals surface area contributed by atoms with Crippen LogP contribution in [0.1, 0.15) is 29.9 Å². The number of hydrogen-bond donors (Lipinski definition) is 2. The average molecular weight is 452 g/mol. The zero-order valence-electron chi connectivity index (χ0n) is 18.5. The van der Waals surface area contributed by atoms with E-state index in [1.54, 1.807) is 11.8 Å². The number of nitrogens with zero attached hydrogens (tertiary/aromatic N) is 5. The monoisotopic (exact) mass is 451 g/mol. The Labute approximate surface area is 189 Å². The highest BCUT2D eigenvalue weighted by Crippen LogP contribution is 2.30. The predicted octanol–water partition coefficient (Wildman–Crippen LogP) is 4.04. The first-order valence-corrected chi connectivity index (χ1v) is 11.1. The molecule has 0 radical (unpaired) electrons. The third kappa shape index (κ3) is 5.02. The molecule has 32 heavy (non-hydrogen) atoms. The fraction of sp³-hybridized carbons (Fsp3) is 0.318. The summed E-state index contributed by atoms with van der Waals surface area (Å²) in [6.45, 7) is 6.35. The SMILES string of the molecule is COc1ccc2nc(-n3nc(C)cc3NC(=O)CCCNc3nc(C)cc(C)n3)sc2c1. The van der Waals surface area contributed by atoms with Crippen molar-refractivity contribution in [2.24, 2.45) is 0 Å². The van der Waals surface area contributed by atoms with E-state index in [0.717, 1.165) is 33.0 Å². The van der Waals surface area contributed by atoms with Crippen LogP contribution >= 0.6 is 11.3 Å². The molecule has 9 nitrogen and oxygen atoms in total. The number of fused-ring (bicyclic) bond motifs is 1. The van der Waals surface area contributed by atoms with Gasteiger partial charge in [-0.25, -0.2) is 15.0 Å². The molecule has 166 valence electrons. The van der Waals surface area contributed by atoms with Gasteiger partial charge < -0.3 is 15.4 Å². The van der Waals surface area contributed by atoms with Crippen LogP contribution in [0.4, 0.5) is 11.8 Å². The first-order valence-electron chi connectivity index (χ1n) is 10.3. The van der Waals surface area contributed by atoms with Crippen molar-refractivity contribution in [3.05, 3.63) is 47.4 Å². The van der Waals surface area contributed by atoms with Gasteiger partial charge >= 0.3 is 0 Å². The molecule has 1 amide bonds. The molecule has 0 aliphatic rings. The van der Waals surface area contributed by atoms with Gasteiger partial charge in [0.2, 0.25) is 17.0 Å². The number of carbonyl (C=O) groups is 1. The van der Waals surface area contributed by atoms with Gasteiger partial charge in [0.25, 0.3) is 0 Å². The predicted molar refractivity (Wildman–Crippen MR) is 126 cm³/mol. The topological polar surface area (TPSA) is 107 Å². The number of thiazole rings is 1. The van der Waals surface area contributed by atoms with Gasteiger partial charge in [0.1, 0.15) is 11.6 Å². The number of amides is 1. The second-order valence-electron chi connectivity index (χ2n) is 7.47. The number of hydrogen-bond acceptors (Lipinski definition) is 8. The Hall–Kier alpha value is -3.53. The number of ether oxygens (including phenoxy) is 1. The van der Waals surface area contributed by atoms with E-state index in [4.69, 9.17) is 4.74 Å². The lowest BCUT2D eigenvalue weighted by Crippen LogP contribution is -2.16. The number of rotatable bonds is 8. The summed E-state index contributed by atoms with van der Waals surface area (Å²) in [5.74, 6) is 1.88. The van der Waals surface area contributed by atoms with Crippen molar-refractivity contribution < 1.29 is 9.53 Å². The Bertz CT molecular complexity index is 1240. The molecule has 0 spiro atoms. The van der Waals surface area contributed by atoms with E-state index in [-0.39, 0.29) is 5.91 Å². The molecule has 4 aromatic rings. The maximum absolute atomic E-state index is 12.5. The molecule has 0 fully saturated rings. The van der Waals surface area contributed by atoms with Gasteiger partial charge in [0.15, 0.2) is 0 Å². The lowest BCUT2D eigenvalue weighted by molar-refractivity contribution is -0.116. The molecule has 3 aromatic heterocycles. The van der Waals surface area contributed by atoms with Crippen LogP contribution in [0, 0.1) is 20.8 Å². The van der Waals surface area contributed by atoms with Crippen LogP contribution in [-0.4, -0.2) is 44.3 Å². The summed E-state index contributed by atoms with van der Waals surface area (Å²) < 4.78 is 7.95. The van der Waals surface area contributed by atoms with Crippen molar-refractivity contribution in [1.82, 2.24) is 24.7 Å². The van der Waals surface area contributed by atoms with Gasteiger partial charge in [-0.3, -0.25) is 4.79 Å². The molecule has 0 saturated heterocycles. The van der Waals surface area contributed by atoms with Gasteiger partial charge in [-0.15, -0.1) is 0 Å². The van der Waals surface area contributed by atoms with E-state index in [0.29, 0.717) is 36.3 Å². The average Bonchev–Trinajstić information content (AvgIpc) is 3.32. The molecular weight excluding hydrogens is 426 g/mol. The fourth-order valence-electron chi connectivity index (χ4n) is 3.30. The Morgan fingerprint density at radius 2 is 1.84 bits per heavy atom. The molecule has 10 heteroatoms. The molecule has 4 rings (SSSR count). The maximum Gasteiger partial charge on any atom is 0.225 e. The molecule has 2 N–H and O–H groups in total. The van der Waals surface area contributed by atoms with Gasteiger partial charge in [0.05, 0.1) is 23.0 Å². The quantitative estimate of drug-likeness (QED) is 0.389. The Morgan fingerprint density at radius 1 is 1.06 bits per heavy atom. The minimum absolute atomic E-state index is 0.0860. The molecule has 1 aromatic carbocycles. The minimum atomic E-state index is -0.0860. The Balaban J connectivity index is 1.39. The van der Waals surface area contributed by atoms with Crippen LogP contribution in [-0.2, 0) is 4.79 Å². The van der Waals surface area contributed by atoms with Crippen molar-refractivity contribution in [3.8, 4) is 10.9 Å². The summed E-state index contributed by atoms with van der Waals surface area (Å²) in [5, 5.41) is 11.3. The highest BCUT2D eigenvalue weighted by Gasteiger charge is 2.15. The zero-order valence-corrected chi connectivity index (χ0v) is 19.3. The third-order valence-electron chi connectivity index (χ3n) is 4.71. The van der Waals surface area contributed by atoms with Gasteiger partial charge in [-0.05, 0) is 51.5 Å². The van der Waals surface area contributed by atoms with Crippen LogP contribution < -0.4 is 15.4 Å². The van der Waals surface area contributed by atoms with Gasteiger partial charge in [-0.2, -0.15) is 9.78 Å². The summed E-state index contributed by atoms with van der Waals surface area (Å²) >= 11 is 1.49. The van der Waals surface area contributed by atoms with Crippen molar-refractivity contribution in [2.45, 2.75) is 33.6 Å². The van der Waals surface area contributed by atoms with Crippen LogP contribution in [0.25, 0.3) is 15.3 Å². The van der Waals surface area contributed by atoms with Crippen LogP contribution in [0.2, 0.25) is 0 Å². The number of aryl methyl sites for hydroxylation is 3. The van der Waals surface area contributed by atoms with Crippen LogP contribution in [0.3, 0.4) is 0 Å². The van der Waals surface area contributed by atoms with Gasteiger partial charge in [0, 0.05) is 30.4 Å². The molecule has 0 atom stereocenters. The van der Waals surface area contributed by atoms with Crippen molar-refractivity contribution in [3.63, 3.8) is 0 Å². The van der Waals surface area contributed by atoms with Crippen molar-refractivity contribution in [2.75, 3.05) is 24.3 Å². The lowest BCUT2D eigenvalue weighted by atomic mass is 10.3. The molecule has 0 bridgehead atoms. The number of benzene rings is 1. The molecule has 0 saturated carbocycles. The summed E-state index contributed by atoms with van der Waals surface area (Å²) in [4.78, 5) is 25.9. The minimum Gasteiger partial charge on any atom is -0.497 e. The molecular formula is C22H25N7O2S. The number of methoxy groups -OCH3 is 1. The second-order valence-corrected chi connectivity index (χ2v) is 8.47. The standard InChI is InChI=1S/C22H25N7O2S/c1-13-10-14(2)25-21(24-13)23-9-5-6-20(30)27-19-11-15(3)28-29(19)22-26-17-8-7-16(31-4)12-18(17)32-22/h7-8,10-12H,5-6,9H2,1-4H3,(H,27,30)(H,23,24,25). The highest BCUT2D eigenvalue weighted by molar-refractivity contribution is 7.20. The molecule has 0 aliphatic heterocycles. The van der Waals surface area contributed by atoms with E-state index in [1.807, 2.05) is 51.1 Å². The first kappa shape index (κ1) is 21.7. The number of aromatic nitrogens is 5. The number of anilines is 2. The van der Waals surface area contributed by atoms with E-state index >= 15 is 0 Å². The van der Waals surface area contributed by atoms with Crippen LogP contribution in [0.5, 0.6) is 5.75 Å².